The molecule has 10 heavy (non-hydrogen) atoms. The summed E-state index contributed by atoms with van der Waals surface area (Å²) in [5, 5.41) is 1.39. The van der Waals surface area contributed by atoms with Gasteiger partial charge in [0.2, 0.25) is 0 Å². The Bertz CT molecular complexity index is 257. The quantitative estimate of drug-likeness (QED) is 0.513. The fourth-order valence-electron chi connectivity index (χ4n) is 1.10. The van der Waals surface area contributed by atoms with Crippen molar-refractivity contribution in [2.45, 2.75) is 6.92 Å². The van der Waals surface area contributed by atoms with Crippen LogP contribution in [0.2, 0.25) is 0 Å². The Balaban J connectivity index is 2.52. The zero-order chi connectivity index (χ0) is 6.97. The highest BCUT2D eigenvalue weighted by Gasteiger charge is 2.09. The van der Waals surface area contributed by atoms with Crippen molar-refractivity contribution in [3.05, 3.63) is 23.8 Å². The lowest BCUT2D eigenvalue weighted by molar-refractivity contribution is 0.403. The highest BCUT2D eigenvalue weighted by Crippen LogP contribution is 2.27. The zero-order valence-electron chi connectivity index (χ0n) is 5.85. The topological polar surface area (TPSA) is 9.23 Å². The summed E-state index contributed by atoms with van der Waals surface area (Å²) in [5.41, 5.74) is 1.33. The van der Waals surface area contributed by atoms with Gasteiger partial charge in [0.1, 0.15) is 12.1 Å². The van der Waals surface area contributed by atoms with Gasteiger partial charge in [-0.05, 0) is 27.6 Å². The SMILES string of the molecule is Cc1ccc2c(c1)PCO2. The van der Waals surface area contributed by atoms with E-state index in [4.69, 9.17) is 4.74 Å². The zero-order valence-corrected chi connectivity index (χ0v) is 6.85. The summed E-state index contributed by atoms with van der Waals surface area (Å²) >= 11 is 0. The molecular weight excluding hydrogens is 143 g/mol. The van der Waals surface area contributed by atoms with E-state index in [2.05, 4.69) is 25.1 Å². The van der Waals surface area contributed by atoms with Crippen LogP contribution in [0, 0.1) is 6.92 Å². The molecule has 2 rings (SSSR count). The fourth-order valence-corrected chi connectivity index (χ4v) is 2.14. The Morgan fingerprint density at radius 1 is 1.50 bits per heavy atom. The van der Waals surface area contributed by atoms with Gasteiger partial charge in [-0.15, -0.1) is 0 Å². The second-order valence-corrected chi connectivity index (χ2v) is 3.65. The van der Waals surface area contributed by atoms with Crippen molar-refractivity contribution in [3.63, 3.8) is 0 Å². The molecule has 1 aliphatic heterocycles. The largest absolute Gasteiger partial charge is 0.488 e. The van der Waals surface area contributed by atoms with Crippen LogP contribution in [0.5, 0.6) is 5.75 Å². The van der Waals surface area contributed by atoms with Crippen LogP contribution in [0.1, 0.15) is 5.56 Å². The summed E-state index contributed by atoms with van der Waals surface area (Å²) in [6.45, 7) is 2.11. The van der Waals surface area contributed by atoms with Crippen LogP contribution in [0.4, 0.5) is 0 Å². The monoisotopic (exact) mass is 152 g/mol. The molecule has 0 saturated heterocycles. The molecule has 1 heterocycles. The Hall–Kier alpha value is -0.550. The molecule has 1 atom stereocenters. The standard InChI is InChI=1S/C8H9OP/c1-6-2-3-7-8(4-6)10-5-9-7/h2-4,10H,5H2,1H3. The van der Waals surface area contributed by atoms with E-state index in [0.29, 0.717) is 0 Å². The molecule has 0 aliphatic carbocycles. The average Bonchev–Trinajstić information content (AvgIpc) is 2.33. The summed E-state index contributed by atoms with van der Waals surface area (Å²) in [4.78, 5) is 0. The normalized spacial score (nSPS) is 16.9. The minimum absolute atomic E-state index is 0.854. The molecule has 1 nitrogen and oxygen atoms in total. The first kappa shape index (κ1) is 6.18. The number of ether oxygens (including phenoxy) is 1. The molecule has 1 aliphatic rings. The highest BCUT2D eigenvalue weighted by atomic mass is 31.1. The van der Waals surface area contributed by atoms with Crippen LogP contribution in [0.25, 0.3) is 0 Å². The van der Waals surface area contributed by atoms with Gasteiger partial charge in [-0.3, -0.25) is 0 Å². The third-order valence-corrected chi connectivity index (χ3v) is 2.69. The minimum atomic E-state index is 0.854. The van der Waals surface area contributed by atoms with Gasteiger partial charge >= 0.3 is 0 Å². The number of rotatable bonds is 0. The molecule has 0 fully saturated rings. The van der Waals surface area contributed by atoms with Crippen LogP contribution in [-0.2, 0) is 0 Å². The van der Waals surface area contributed by atoms with Crippen molar-refractivity contribution in [2.24, 2.45) is 0 Å². The van der Waals surface area contributed by atoms with Crippen molar-refractivity contribution in [2.75, 3.05) is 6.35 Å². The number of hydrogen-bond acceptors (Lipinski definition) is 1. The molecule has 1 unspecified atom stereocenters. The number of hydrogen-bond donors (Lipinski definition) is 0. The first-order chi connectivity index (χ1) is 4.86. The lowest BCUT2D eigenvalue weighted by Crippen LogP contribution is -1.91. The first-order valence-corrected chi connectivity index (χ1v) is 4.54. The van der Waals surface area contributed by atoms with Crippen LogP contribution in [-0.4, -0.2) is 6.35 Å². The predicted octanol–water partition coefficient (Wildman–Crippen LogP) is 1.65. The third kappa shape index (κ3) is 0.911. The summed E-state index contributed by atoms with van der Waals surface area (Å²) in [7, 11) is 0.854. The van der Waals surface area contributed by atoms with Gasteiger partial charge in [0.25, 0.3) is 0 Å². The second-order valence-electron chi connectivity index (χ2n) is 2.47. The lowest BCUT2D eigenvalue weighted by Gasteiger charge is -1.97. The molecule has 0 amide bonds. The molecule has 2 heteroatoms. The Morgan fingerprint density at radius 2 is 2.40 bits per heavy atom. The number of aryl methyl sites for hydroxylation is 1. The third-order valence-electron chi connectivity index (χ3n) is 1.63. The molecule has 0 bridgehead atoms. The number of benzene rings is 1. The molecule has 0 aromatic heterocycles. The Labute approximate surface area is 62.2 Å². The molecular formula is C8H9OP. The van der Waals surface area contributed by atoms with E-state index < -0.39 is 0 Å². The van der Waals surface area contributed by atoms with E-state index in [9.17, 15) is 0 Å². The van der Waals surface area contributed by atoms with Gasteiger partial charge in [-0.2, -0.15) is 0 Å². The maximum Gasteiger partial charge on any atom is 0.127 e. The molecule has 1 aromatic rings. The average molecular weight is 152 g/mol. The maximum absolute atomic E-state index is 5.37. The minimum Gasteiger partial charge on any atom is -0.488 e. The summed E-state index contributed by atoms with van der Waals surface area (Å²) < 4.78 is 5.37. The van der Waals surface area contributed by atoms with E-state index in [1.807, 2.05) is 0 Å². The van der Waals surface area contributed by atoms with Crippen LogP contribution in [0.15, 0.2) is 18.2 Å². The van der Waals surface area contributed by atoms with E-state index in [1.165, 1.54) is 10.9 Å². The summed E-state index contributed by atoms with van der Waals surface area (Å²) in [5.74, 6) is 1.09. The molecule has 0 N–H and O–H groups in total. The summed E-state index contributed by atoms with van der Waals surface area (Å²) in [6, 6.07) is 6.36. The van der Waals surface area contributed by atoms with Crippen LogP contribution < -0.4 is 10.0 Å². The Kier molecular flexibility index (Phi) is 1.39. The number of fused-ring (bicyclic) bond motifs is 1. The highest BCUT2D eigenvalue weighted by molar-refractivity contribution is 7.47. The van der Waals surface area contributed by atoms with Gasteiger partial charge in [0.15, 0.2) is 0 Å². The fraction of sp³-hybridized carbons (Fsp3) is 0.250. The van der Waals surface area contributed by atoms with Gasteiger partial charge < -0.3 is 4.74 Å². The van der Waals surface area contributed by atoms with Gasteiger partial charge in [-0.25, -0.2) is 0 Å². The molecule has 0 saturated carbocycles. The van der Waals surface area contributed by atoms with Gasteiger partial charge in [-0.1, -0.05) is 11.6 Å². The van der Waals surface area contributed by atoms with E-state index >= 15 is 0 Å². The molecule has 1 aromatic carbocycles. The first-order valence-electron chi connectivity index (χ1n) is 3.33. The van der Waals surface area contributed by atoms with Crippen LogP contribution in [0.3, 0.4) is 0 Å². The van der Waals surface area contributed by atoms with Crippen molar-refractivity contribution in [3.8, 4) is 5.75 Å². The van der Waals surface area contributed by atoms with Crippen molar-refractivity contribution < 1.29 is 4.74 Å². The second kappa shape index (κ2) is 2.25. The van der Waals surface area contributed by atoms with Crippen molar-refractivity contribution >= 4 is 13.9 Å². The van der Waals surface area contributed by atoms with Crippen molar-refractivity contribution in [1.82, 2.24) is 0 Å². The van der Waals surface area contributed by atoms with Crippen LogP contribution >= 0.6 is 8.58 Å². The van der Waals surface area contributed by atoms with Gasteiger partial charge in [0.05, 0.1) is 0 Å². The van der Waals surface area contributed by atoms with Gasteiger partial charge in [0, 0.05) is 5.30 Å². The van der Waals surface area contributed by atoms with E-state index in [1.54, 1.807) is 0 Å². The molecule has 0 spiro atoms. The predicted molar refractivity (Wildman–Crippen MR) is 44.6 cm³/mol. The smallest absolute Gasteiger partial charge is 0.127 e. The summed E-state index contributed by atoms with van der Waals surface area (Å²) in [6.07, 6.45) is 0.888. The van der Waals surface area contributed by atoms with E-state index in [0.717, 1.165) is 20.7 Å². The molecule has 0 radical (unpaired) electrons. The molecule has 52 valence electrons. The van der Waals surface area contributed by atoms with Crippen molar-refractivity contribution in [1.29, 1.82) is 0 Å². The van der Waals surface area contributed by atoms with E-state index in [-0.39, 0.29) is 0 Å². The maximum atomic E-state index is 5.37. The Morgan fingerprint density at radius 3 is 3.30 bits per heavy atom. The lowest BCUT2D eigenvalue weighted by atomic mass is 10.2.